The van der Waals surface area contributed by atoms with Gasteiger partial charge in [-0.25, -0.2) is 9.59 Å². The molecule has 1 N–H and O–H groups in total. The van der Waals surface area contributed by atoms with E-state index in [0.29, 0.717) is 11.1 Å². The minimum Gasteiger partial charge on any atom is -0.478 e. The number of carbonyl (C=O) groups is 2. The van der Waals surface area contributed by atoms with Crippen molar-refractivity contribution < 1.29 is 19.4 Å². The molecule has 0 aliphatic heterocycles. The second-order valence-electron chi connectivity index (χ2n) is 4.73. The standard InChI is InChI=1S/C19H16O4/c1-23-19(22)17(13-15-10-6-3-7-11-15)16(18(20)21)12-14-8-4-2-5-9-14/h2-13H,1H3,(H,20,21)/b16-12?,17-13+. The van der Waals surface area contributed by atoms with Crippen molar-refractivity contribution in [2.24, 2.45) is 0 Å². The van der Waals surface area contributed by atoms with Crippen molar-refractivity contribution in [2.45, 2.75) is 0 Å². The zero-order valence-electron chi connectivity index (χ0n) is 12.6. The molecule has 0 aromatic heterocycles. The first kappa shape index (κ1) is 16.2. The van der Waals surface area contributed by atoms with Gasteiger partial charge in [0.15, 0.2) is 0 Å². The van der Waals surface area contributed by atoms with Crippen LogP contribution in [0.4, 0.5) is 0 Å². The Balaban J connectivity index is 2.55. The quantitative estimate of drug-likeness (QED) is 0.522. The van der Waals surface area contributed by atoms with Crippen LogP contribution in [0.1, 0.15) is 11.1 Å². The topological polar surface area (TPSA) is 63.6 Å². The van der Waals surface area contributed by atoms with Gasteiger partial charge in [0.05, 0.1) is 18.3 Å². The molecule has 2 rings (SSSR count). The smallest absolute Gasteiger partial charge is 0.338 e. The van der Waals surface area contributed by atoms with Crippen LogP contribution in [0, 0.1) is 0 Å². The number of rotatable bonds is 5. The zero-order valence-corrected chi connectivity index (χ0v) is 12.6. The summed E-state index contributed by atoms with van der Waals surface area (Å²) in [6.07, 6.45) is 2.96. The van der Waals surface area contributed by atoms with Gasteiger partial charge in [-0.3, -0.25) is 0 Å². The summed E-state index contributed by atoms with van der Waals surface area (Å²) >= 11 is 0. The Morgan fingerprint density at radius 3 is 1.65 bits per heavy atom. The fraction of sp³-hybridized carbons (Fsp3) is 0.0526. The van der Waals surface area contributed by atoms with Gasteiger partial charge in [-0.15, -0.1) is 0 Å². The van der Waals surface area contributed by atoms with Crippen LogP contribution in [-0.4, -0.2) is 24.2 Å². The van der Waals surface area contributed by atoms with Crippen LogP contribution < -0.4 is 0 Å². The largest absolute Gasteiger partial charge is 0.478 e. The molecule has 4 heteroatoms. The highest BCUT2D eigenvalue weighted by atomic mass is 16.5. The van der Waals surface area contributed by atoms with E-state index in [0.717, 1.165) is 0 Å². The van der Waals surface area contributed by atoms with E-state index in [1.54, 1.807) is 36.4 Å². The molecule has 0 heterocycles. The molecule has 0 spiro atoms. The molecular weight excluding hydrogens is 292 g/mol. The lowest BCUT2D eigenvalue weighted by Crippen LogP contribution is -2.13. The van der Waals surface area contributed by atoms with Gasteiger partial charge >= 0.3 is 11.9 Å². The number of ether oxygens (including phenoxy) is 1. The predicted molar refractivity (Wildman–Crippen MR) is 88.5 cm³/mol. The summed E-state index contributed by atoms with van der Waals surface area (Å²) in [6, 6.07) is 18.0. The maximum absolute atomic E-state index is 12.1. The molecule has 23 heavy (non-hydrogen) atoms. The molecule has 0 aliphatic carbocycles. The lowest BCUT2D eigenvalue weighted by atomic mass is 10.0. The van der Waals surface area contributed by atoms with E-state index < -0.39 is 11.9 Å². The van der Waals surface area contributed by atoms with Crippen LogP contribution in [0.2, 0.25) is 0 Å². The molecule has 4 nitrogen and oxygen atoms in total. The fourth-order valence-electron chi connectivity index (χ4n) is 2.04. The minimum absolute atomic E-state index is 0.00458. The lowest BCUT2D eigenvalue weighted by Gasteiger charge is -2.07. The van der Waals surface area contributed by atoms with Crippen molar-refractivity contribution in [1.29, 1.82) is 0 Å². The van der Waals surface area contributed by atoms with Gasteiger partial charge in [0.1, 0.15) is 0 Å². The Bertz CT molecular complexity index is 743. The second kappa shape index (κ2) is 7.75. The molecule has 116 valence electrons. The van der Waals surface area contributed by atoms with Crippen LogP contribution in [-0.2, 0) is 14.3 Å². The molecule has 0 atom stereocenters. The Kier molecular flexibility index (Phi) is 5.47. The van der Waals surface area contributed by atoms with E-state index in [2.05, 4.69) is 0 Å². The van der Waals surface area contributed by atoms with Crippen molar-refractivity contribution in [2.75, 3.05) is 7.11 Å². The van der Waals surface area contributed by atoms with Crippen LogP contribution in [0.15, 0.2) is 71.8 Å². The van der Waals surface area contributed by atoms with Gasteiger partial charge in [-0.05, 0) is 23.3 Å². The number of carbonyl (C=O) groups excluding carboxylic acids is 1. The predicted octanol–water partition coefficient (Wildman–Crippen LogP) is 3.41. The summed E-state index contributed by atoms with van der Waals surface area (Å²) in [6.45, 7) is 0. The van der Waals surface area contributed by atoms with Crippen LogP contribution >= 0.6 is 0 Å². The number of esters is 1. The Labute approximate surface area is 134 Å². The minimum atomic E-state index is -1.19. The van der Waals surface area contributed by atoms with Crippen molar-refractivity contribution in [3.63, 3.8) is 0 Å². The third-order valence-electron chi connectivity index (χ3n) is 3.15. The van der Waals surface area contributed by atoms with Gasteiger partial charge < -0.3 is 9.84 Å². The number of hydrogen-bond donors (Lipinski definition) is 1. The van der Waals surface area contributed by atoms with Crippen molar-refractivity contribution >= 4 is 24.1 Å². The number of methoxy groups -OCH3 is 1. The number of benzene rings is 2. The summed E-state index contributed by atoms with van der Waals surface area (Å²) in [5, 5.41) is 9.51. The molecule has 0 saturated carbocycles. The number of hydrogen-bond acceptors (Lipinski definition) is 3. The molecule has 2 aromatic rings. The first-order valence-corrected chi connectivity index (χ1v) is 6.97. The highest BCUT2D eigenvalue weighted by Crippen LogP contribution is 2.20. The number of aliphatic carboxylic acids is 1. The molecule has 0 unspecified atom stereocenters. The second-order valence-corrected chi connectivity index (χ2v) is 4.73. The molecule has 0 amide bonds. The molecule has 0 bridgehead atoms. The summed E-state index contributed by atoms with van der Waals surface area (Å²) in [7, 11) is 1.23. The molecule has 0 fully saturated rings. The SMILES string of the molecule is COC(=O)/C(=C/c1ccccc1)C(=Cc1ccccc1)C(=O)O. The number of carboxylic acid groups (broad SMARTS) is 1. The van der Waals surface area contributed by atoms with Gasteiger partial charge in [-0.1, -0.05) is 60.7 Å². The Morgan fingerprint density at radius 1 is 0.826 bits per heavy atom. The van der Waals surface area contributed by atoms with E-state index in [4.69, 9.17) is 4.74 Å². The van der Waals surface area contributed by atoms with E-state index >= 15 is 0 Å². The highest BCUT2D eigenvalue weighted by molar-refractivity contribution is 6.12. The summed E-state index contributed by atoms with van der Waals surface area (Å²) in [5.41, 5.74) is 1.28. The molecule has 2 aromatic carbocycles. The third kappa shape index (κ3) is 4.41. The third-order valence-corrected chi connectivity index (χ3v) is 3.15. The van der Waals surface area contributed by atoms with Crippen molar-refractivity contribution in [3.05, 3.63) is 82.9 Å². The maximum atomic E-state index is 12.1. The average Bonchev–Trinajstić information content (AvgIpc) is 2.59. The Hall–Kier alpha value is -3.14. The normalized spacial score (nSPS) is 11.9. The summed E-state index contributed by atoms with van der Waals surface area (Å²) in [4.78, 5) is 23.7. The first-order valence-electron chi connectivity index (χ1n) is 6.97. The van der Waals surface area contributed by atoms with E-state index in [1.807, 2.05) is 24.3 Å². The van der Waals surface area contributed by atoms with Crippen LogP contribution in [0.3, 0.4) is 0 Å². The molecular formula is C19H16O4. The lowest BCUT2D eigenvalue weighted by molar-refractivity contribution is -0.138. The monoisotopic (exact) mass is 308 g/mol. The average molecular weight is 308 g/mol. The zero-order chi connectivity index (χ0) is 16.7. The Morgan fingerprint density at radius 2 is 1.26 bits per heavy atom. The van der Waals surface area contributed by atoms with E-state index in [-0.39, 0.29) is 11.1 Å². The van der Waals surface area contributed by atoms with E-state index in [9.17, 15) is 14.7 Å². The van der Waals surface area contributed by atoms with Gasteiger partial charge in [0.25, 0.3) is 0 Å². The van der Waals surface area contributed by atoms with Gasteiger partial charge in [0.2, 0.25) is 0 Å². The van der Waals surface area contributed by atoms with Crippen LogP contribution in [0.25, 0.3) is 12.2 Å². The van der Waals surface area contributed by atoms with Crippen LogP contribution in [0.5, 0.6) is 0 Å². The van der Waals surface area contributed by atoms with Gasteiger partial charge in [0, 0.05) is 0 Å². The molecule has 0 radical (unpaired) electrons. The van der Waals surface area contributed by atoms with Crippen molar-refractivity contribution in [3.8, 4) is 0 Å². The highest BCUT2D eigenvalue weighted by Gasteiger charge is 2.21. The first-order chi connectivity index (χ1) is 11.1. The summed E-state index contributed by atoms with van der Waals surface area (Å²) < 4.78 is 4.74. The molecule has 0 saturated heterocycles. The van der Waals surface area contributed by atoms with Crippen molar-refractivity contribution in [1.82, 2.24) is 0 Å². The maximum Gasteiger partial charge on any atom is 0.338 e. The summed E-state index contributed by atoms with van der Waals surface area (Å²) in [5.74, 6) is -1.89. The van der Waals surface area contributed by atoms with E-state index in [1.165, 1.54) is 19.3 Å². The van der Waals surface area contributed by atoms with Gasteiger partial charge in [-0.2, -0.15) is 0 Å². The molecule has 0 aliphatic rings. The number of carboxylic acids is 1. The fourth-order valence-corrected chi connectivity index (χ4v) is 2.04.